The van der Waals surface area contributed by atoms with E-state index in [2.05, 4.69) is 0 Å². The van der Waals surface area contributed by atoms with E-state index in [0.29, 0.717) is 43.0 Å². The van der Waals surface area contributed by atoms with Crippen LogP contribution in [0.5, 0.6) is 0 Å². The second kappa shape index (κ2) is 39.2. The molecule has 5 aromatic carbocycles. The van der Waals surface area contributed by atoms with Crippen molar-refractivity contribution in [2.75, 3.05) is 26.3 Å². The summed E-state index contributed by atoms with van der Waals surface area (Å²) in [5.41, 5.74) is -0.581. The van der Waals surface area contributed by atoms with Gasteiger partial charge >= 0.3 is 41.4 Å². The molecule has 6 aliphatic rings. The number of nitro benzene ring substituents is 2. The molecule has 0 radical (unpaired) electrons. The van der Waals surface area contributed by atoms with Crippen molar-refractivity contribution in [2.24, 2.45) is 0 Å². The van der Waals surface area contributed by atoms with E-state index >= 15 is 0 Å². The average molecular weight is 1530 g/mol. The number of benzene rings is 5. The molecule has 28 nitrogen and oxygen atoms in total. The molecule has 0 amide bonds. The topological polar surface area (TPSA) is 386 Å². The summed E-state index contributed by atoms with van der Waals surface area (Å²) in [5.74, 6) is -5.15. The lowest BCUT2D eigenvalue weighted by Crippen LogP contribution is -2.57. The third-order valence-electron chi connectivity index (χ3n) is 16.9. The number of nitrogens with zero attached hydrogens (tertiary/aromatic N) is 3. The van der Waals surface area contributed by atoms with E-state index in [-0.39, 0.29) is 28.6 Å². The van der Waals surface area contributed by atoms with Crippen molar-refractivity contribution in [1.82, 2.24) is 4.90 Å². The maximum absolute atomic E-state index is 14.9. The van der Waals surface area contributed by atoms with Gasteiger partial charge in [-0.05, 0) is 78.6 Å². The number of para-hydroxylation sites is 1. The van der Waals surface area contributed by atoms with E-state index in [1.807, 2.05) is 11.0 Å². The summed E-state index contributed by atoms with van der Waals surface area (Å²) >= 11 is 0. The summed E-state index contributed by atoms with van der Waals surface area (Å²) in [6.07, 6.45) is -13.8. The summed E-state index contributed by atoms with van der Waals surface area (Å²) in [4.78, 5) is 101. The Balaban J connectivity index is 0.000000172. The molecule has 6 aliphatic heterocycles. The van der Waals surface area contributed by atoms with Crippen LogP contribution in [0.4, 0.5) is 33.3 Å². The van der Waals surface area contributed by atoms with Crippen LogP contribution in [0.3, 0.4) is 0 Å². The molecule has 0 spiro atoms. The van der Waals surface area contributed by atoms with Crippen LogP contribution in [0.25, 0.3) is 0 Å². The number of aliphatic hydroxyl groups excluding tert-OH is 4. The lowest BCUT2D eigenvalue weighted by molar-refractivity contribution is -0.386. The van der Waals surface area contributed by atoms with E-state index in [1.54, 1.807) is 111 Å². The quantitative estimate of drug-likeness (QED) is 0.0193. The second-order valence-corrected chi connectivity index (χ2v) is 25.1. The third kappa shape index (κ3) is 23.2. The highest BCUT2D eigenvalue weighted by Gasteiger charge is 2.50. The van der Waals surface area contributed by atoms with Crippen molar-refractivity contribution >= 4 is 47.2 Å². The predicted molar refractivity (Wildman–Crippen MR) is 370 cm³/mol. The van der Waals surface area contributed by atoms with Gasteiger partial charge in [0.25, 0.3) is 11.4 Å². The van der Waals surface area contributed by atoms with Gasteiger partial charge in [0.15, 0.2) is 73.3 Å². The monoisotopic (exact) mass is 1530 g/mol. The van der Waals surface area contributed by atoms with E-state index in [4.69, 9.17) is 47.0 Å². The minimum atomic E-state index is -2.23. The number of morpholine rings is 1. The number of fused-ring (bicyclic) bond motifs is 1. The molecular formula is C76H76F5N3O25. The van der Waals surface area contributed by atoms with Crippen molar-refractivity contribution < 1.29 is 128 Å². The highest BCUT2D eigenvalue weighted by atomic mass is 19.2. The molecule has 18 atom stereocenters. The van der Waals surface area contributed by atoms with Crippen LogP contribution in [0.1, 0.15) is 98.2 Å². The number of carbonyl (C=O) groups is 6. The fourth-order valence-electron chi connectivity index (χ4n) is 11.8. The van der Waals surface area contributed by atoms with Gasteiger partial charge in [-0.25, -0.2) is 45.9 Å². The van der Waals surface area contributed by atoms with Gasteiger partial charge in [-0.1, -0.05) is 115 Å². The molecule has 109 heavy (non-hydrogen) atoms. The first-order valence-corrected chi connectivity index (χ1v) is 33.6. The Morgan fingerprint density at radius 2 is 0.954 bits per heavy atom. The zero-order chi connectivity index (χ0) is 79.2. The number of aliphatic hydroxyl groups is 4. The van der Waals surface area contributed by atoms with Crippen LogP contribution in [0.15, 0.2) is 216 Å². The molecular weight excluding hydrogens is 1450 g/mol. The van der Waals surface area contributed by atoms with Crippen molar-refractivity contribution in [2.45, 2.75) is 144 Å². The minimum Gasteiger partial charge on any atom is -0.454 e. The zero-order valence-corrected chi connectivity index (χ0v) is 58.4. The highest BCUT2D eigenvalue weighted by Crippen LogP contribution is 2.40. The molecule has 0 bridgehead atoms. The molecule has 6 aromatic rings. The lowest BCUT2D eigenvalue weighted by Gasteiger charge is -2.46. The summed E-state index contributed by atoms with van der Waals surface area (Å²) in [5, 5.41) is 62.2. The number of ether oxygens (including phenoxy) is 9. The molecule has 12 rings (SSSR count). The number of alkyl halides is 5. The van der Waals surface area contributed by atoms with E-state index in [0.717, 1.165) is 68.5 Å². The molecule has 0 aliphatic carbocycles. The van der Waals surface area contributed by atoms with Crippen molar-refractivity contribution in [3.63, 3.8) is 0 Å². The van der Waals surface area contributed by atoms with Gasteiger partial charge in [-0.3, -0.25) is 34.7 Å². The Kier molecular flexibility index (Phi) is 30.0. The Morgan fingerprint density at radius 3 is 1.47 bits per heavy atom. The number of rotatable bonds is 19. The molecule has 33 heteroatoms. The maximum Gasteiger partial charge on any atom is 0.335 e. The summed E-state index contributed by atoms with van der Waals surface area (Å²) in [6, 6.07) is 38.4. The molecule has 1 aromatic heterocycles. The number of hydrogen-bond donors (Lipinski definition) is 4. The summed E-state index contributed by atoms with van der Waals surface area (Å²) in [6.45, 7) is 8.10. The number of cyclic esters (lactones) is 3. The number of non-ortho nitro benzene ring substituents is 1. The first-order chi connectivity index (χ1) is 51.9. The van der Waals surface area contributed by atoms with Crippen molar-refractivity contribution in [3.05, 3.63) is 271 Å². The van der Waals surface area contributed by atoms with Gasteiger partial charge < -0.3 is 67.5 Å². The molecule has 580 valence electrons. The standard InChI is InChI=1S/C17H20FNO4.C16H17FO4.2C15H14FNO7.C13H11FO3/c18-15(12-4-2-1-3-5-12)16(21)17-13(6-7-14(20)23-17)19-8-10-22-11-9-19;1-16(2)20-11-8-9-12(18)19-14(11)15(21-16)13(17)10-6-4-3-5-7-10;1-8(18)23-11-6-7-12(19)24-15(11)14(20)13(16)9-2-4-10(5-3-9)17(21)22;1-8(18)23-11-6-7-12(19)24-15(11)14(20)13(16)9-4-2-3-5-10(9)17(21)22;14-12(9-5-2-1-3-6-9)13(16)10-7-4-8-11(15)17-10/h1-7,13,15-17,21H,8-11H2;3-9,11,13-15H,1-2H3;2*2-7,11,13-15,20H,1H3;1-8,12-13,16H/t13?,15-,16+,17-;11-,13+,14+,15-;2*11-,13+,14-,15+;12-,13-/m10001/s1. The highest BCUT2D eigenvalue weighted by molar-refractivity contribution is 5.85. The first-order valence-electron chi connectivity index (χ1n) is 33.6. The van der Waals surface area contributed by atoms with E-state index < -0.39 is 167 Å². The van der Waals surface area contributed by atoms with Gasteiger partial charge in [0.1, 0.15) is 42.4 Å². The normalized spacial score (nSPS) is 24.2. The number of hydrogen-bond acceptors (Lipinski definition) is 26. The largest absolute Gasteiger partial charge is 0.454 e. The van der Waals surface area contributed by atoms with Crippen LogP contribution in [-0.4, -0.2) is 176 Å². The molecule has 1 unspecified atom stereocenters. The Morgan fingerprint density at radius 1 is 0.505 bits per heavy atom. The predicted octanol–water partition coefficient (Wildman–Crippen LogP) is 9.08. The Labute approximate surface area is 618 Å². The lowest BCUT2D eigenvalue weighted by atomic mass is 9.94. The van der Waals surface area contributed by atoms with Crippen LogP contribution in [0, 0.1) is 20.2 Å². The SMILES string of the molecule is CC(=O)O[C@H]1C=CC(=O)O[C@H]1[C@@H](O)[C@H](F)c1ccc([N+](=O)[O-])cc1.CC(=O)O[C@H]1C=CC(=O)O[C@H]1[C@@H](O)[C@H](F)c1ccccc1[N+](=O)[O-].CC1(C)O[C@@H]([C@H](F)c2ccccc2)[C@@H]2OC(=O)C=C[C@@H]2O1.O=C1C=CC(N2CCOCC2)[C@H]([C@@H](O)[C@H](F)c2ccccc2)O1.O=c1cccc([C@@H](O)[C@H](F)c2ccccc2)o1. The van der Waals surface area contributed by atoms with Crippen LogP contribution >= 0.6 is 0 Å². The van der Waals surface area contributed by atoms with Crippen molar-refractivity contribution in [3.8, 4) is 0 Å². The minimum absolute atomic E-state index is 0.0414. The summed E-state index contributed by atoms with van der Waals surface area (Å²) < 4.78 is 124. The third-order valence-corrected chi connectivity index (χ3v) is 16.9. The Bertz CT molecular complexity index is 4270. The molecule has 2 fully saturated rings. The average Bonchev–Trinajstić information content (AvgIpc) is 0.867. The van der Waals surface area contributed by atoms with Gasteiger partial charge in [-0.15, -0.1) is 0 Å². The van der Waals surface area contributed by atoms with Crippen LogP contribution < -0.4 is 5.63 Å². The van der Waals surface area contributed by atoms with Gasteiger partial charge in [0, 0.05) is 75.5 Å². The zero-order valence-electron chi connectivity index (χ0n) is 58.4. The number of carbonyl (C=O) groups excluding carboxylic acids is 6. The molecule has 0 saturated carbocycles. The summed E-state index contributed by atoms with van der Waals surface area (Å²) in [7, 11) is 0. The second-order valence-electron chi connectivity index (χ2n) is 25.1. The van der Waals surface area contributed by atoms with Gasteiger partial charge in [0.2, 0.25) is 0 Å². The van der Waals surface area contributed by atoms with Gasteiger partial charge in [0.05, 0.1) is 34.7 Å². The van der Waals surface area contributed by atoms with Gasteiger partial charge in [-0.2, -0.15) is 0 Å². The number of esters is 6. The van der Waals surface area contributed by atoms with Crippen LogP contribution in [0.2, 0.25) is 0 Å². The smallest absolute Gasteiger partial charge is 0.335 e. The number of nitro groups is 2. The fourth-order valence-corrected chi connectivity index (χ4v) is 11.8. The molecule has 4 N–H and O–H groups in total. The van der Waals surface area contributed by atoms with E-state index in [9.17, 15) is 96.2 Å². The molecule has 2 saturated heterocycles. The molecule has 7 heterocycles. The van der Waals surface area contributed by atoms with Crippen molar-refractivity contribution in [1.29, 1.82) is 0 Å². The van der Waals surface area contributed by atoms with Crippen LogP contribution in [-0.2, 0) is 71.4 Å². The fraction of sp³-hybridized carbons (Fsp3) is 0.355. The first kappa shape index (κ1) is 83.6. The number of halogens is 5. The Hall–Kier alpha value is -11.0. The maximum atomic E-state index is 14.9. The van der Waals surface area contributed by atoms with E-state index in [1.165, 1.54) is 48.6 Å².